The fourth-order valence-electron chi connectivity index (χ4n) is 4.70. The summed E-state index contributed by atoms with van der Waals surface area (Å²) in [6.45, 7) is 14.5. The second-order valence-electron chi connectivity index (χ2n) is 13.0. The van der Waals surface area contributed by atoms with Gasteiger partial charge in [-0.3, -0.25) is 15.4 Å². The number of thiazole rings is 1. The number of amides is 2. The van der Waals surface area contributed by atoms with Crippen LogP contribution in [0.5, 0.6) is 11.5 Å². The molecule has 2 amide bonds. The number of ether oxygens (including phenoxy) is 2. The van der Waals surface area contributed by atoms with Gasteiger partial charge in [0.25, 0.3) is 14.0 Å². The largest absolute Gasteiger partial charge is 0.543 e. The molecule has 1 aliphatic carbocycles. The number of nitrogens with one attached hydrogen (secondary N) is 2. The van der Waals surface area contributed by atoms with Crippen LogP contribution in [0.25, 0.3) is 10.4 Å². The van der Waals surface area contributed by atoms with Gasteiger partial charge in [-0.1, -0.05) is 20.8 Å². The molecule has 0 atom stereocenters. The number of carbonyl (C=O) groups excluding carboxylic acids is 2. The van der Waals surface area contributed by atoms with E-state index in [0.29, 0.717) is 17.4 Å². The third-order valence-electron chi connectivity index (χ3n) is 8.19. The number of carbonyl (C=O) groups is 2. The summed E-state index contributed by atoms with van der Waals surface area (Å²) in [6.07, 6.45) is 4.22. The fourth-order valence-corrected chi connectivity index (χ4v) is 6.84. The number of non-ortho nitro benzene ring substituents is 1. The van der Waals surface area contributed by atoms with Crippen molar-refractivity contribution in [2.24, 2.45) is 0 Å². The molecular weight excluding hydrogens is 613 g/mol. The minimum absolute atomic E-state index is 0.0598. The minimum atomic E-state index is -2.27. The van der Waals surface area contributed by atoms with Crippen molar-refractivity contribution in [2.75, 3.05) is 5.32 Å². The predicted octanol–water partition coefficient (Wildman–Crippen LogP) is 8.87. The summed E-state index contributed by atoms with van der Waals surface area (Å²) in [5.74, 6) is 1.15. The predicted molar refractivity (Wildman–Crippen MR) is 178 cm³/mol. The highest BCUT2D eigenvalue weighted by Crippen LogP contribution is 2.44. The van der Waals surface area contributed by atoms with Crippen molar-refractivity contribution in [1.82, 2.24) is 10.3 Å². The molecule has 1 aromatic heterocycles. The van der Waals surface area contributed by atoms with Crippen molar-refractivity contribution < 1.29 is 28.4 Å². The highest BCUT2D eigenvalue weighted by Gasteiger charge is 2.39. The van der Waals surface area contributed by atoms with Gasteiger partial charge in [0.05, 0.1) is 20.9 Å². The maximum atomic E-state index is 12.7. The van der Waals surface area contributed by atoms with Crippen LogP contribution in [0.1, 0.15) is 71.2 Å². The third-order valence-corrected chi connectivity index (χ3v) is 13.7. The van der Waals surface area contributed by atoms with Crippen LogP contribution in [-0.2, 0) is 4.74 Å². The summed E-state index contributed by atoms with van der Waals surface area (Å²) in [7, 11) is -2.27. The van der Waals surface area contributed by atoms with Gasteiger partial charge in [0.2, 0.25) is 0 Å². The van der Waals surface area contributed by atoms with Crippen molar-refractivity contribution in [2.45, 2.75) is 96.5 Å². The van der Waals surface area contributed by atoms with Crippen molar-refractivity contribution in [3.05, 3.63) is 63.8 Å². The van der Waals surface area contributed by atoms with E-state index < -0.39 is 19.3 Å². The number of nitrogens with zero attached hydrogens (tertiary/aromatic N) is 2. The molecule has 4 rings (SSSR count). The number of hydrogen-bond acceptors (Lipinski definition) is 9. The Hall–Kier alpha value is -3.97. The van der Waals surface area contributed by atoms with Crippen molar-refractivity contribution in [1.29, 1.82) is 0 Å². The Balaban J connectivity index is 1.50. The van der Waals surface area contributed by atoms with Gasteiger partial charge < -0.3 is 19.2 Å². The first-order valence-corrected chi connectivity index (χ1v) is 18.8. The number of anilines is 1. The lowest BCUT2D eigenvalue weighted by Crippen LogP contribution is -2.44. The molecule has 1 fully saturated rings. The fraction of sp³-hybridized carbons (Fsp3) is 0.469. The standard InChI is InChI=1S/C32H42N4O7SSi/c1-20(2)41-30(37)34-22-10-8-21(9-11-22)29-33-19-28(44-29)26-17-12-23(18-27(26)43-45(6,7)32(3,4)5)35-31(38)42-25-15-13-24(14-16-25)36(39)40/h12-22H,8-11H2,1-7H3,(H,34,37)(H,35,38). The average Bonchev–Trinajstić information content (AvgIpc) is 3.42. The molecule has 1 heterocycles. The van der Waals surface area contributed by atoms with Gasteiger partial charge in [-0.15, -0.1) is 11.3 Å². The molecule has 1 aliphatic rings. The van der Waals surface area contributed by atoms with Crippen LogP contribution >= 0.6 is 11.3 Å². The quantitative estimate of drug-likeness (QED) is 0.132. The van der Waals surface area contributed by atoms with E-state index in [1.165, 1.54) is 24.3 Å². The van der Waals surface area contributed by atoms with Crippen LogP contribution in [0.2, 0.25) is 18.1 Å². The van der Waals surface area contributed by atoms with Crippen LogP contribution in [0, 0.1) is 10.1 Å². The van der Waals surface area contributed by atoms with Gasteiger partial charge in [0.1, 0.15) is 11.5 Å². The Morgan fingerprint density at radius 2 is 1.71 bits per heavy atom. The molecule has 3 aromatic rings. The molecule has 0 aliphatic heterocycles. The molecular formula is C32H42N4O7SSi. The van der Waals surface area contributed by atoms with E-state index >= 15 is 0 Å². The SMILES string of the molecule is CC(C)OC(=O)NC1CCC(c2ncc(-c3ccc(NC(=O)Oc4ccc([N+](=O)[O-])cc4)cc3O[Si](C)(C)C(C)(C)C)s2)CC1. The maximum Gasteiger partial charge on any atom is 0.417 e. The zero-order valence-corrected chi connectivity index (χ0v) is 28.7. The lowest BCUT2D eigenvalue weighted by atomic mass is 9.86. The lowest BCUT2D eigenvalue weighted by molar-refractivity contribution is -0.384. The van der Waals surface area contributed by atoms with E-state index in [0.717, 1.165) is 41.1 Å². The van der Waals surface area contributed by atoms with Gasteiger partial charge in [-0.05, 0) is 81.9 Å². The molecule has 0 saturated heterocycles. The van der Waals surface area contributed by atoms with Gasteiger partial charge >= 0.3 is 12.2 Å². The zero-order chi connectivity index (χ0) is 32.9. The Morgan fingerprint density at radius 3 is 2.31 bits per heavy atom. The maximum absolute atomic E-state index is 12.7. The second-order valence-corrected chi connectivity index (χ2v) is 18.8. The van der Waals surface area contributed by atoms with Crippen LogP contribution < -0.4 is 19.8 Å². The third kappa shape index (κ3) is 9.04. The van der Waals surface area contributed by atoms with E-state index in [1.54, 1.807) is 23.5 Å². The molecule has 0 unspecified atom stereocenters. The van der Waals surface area contributed by atoms with E-state index in [1.807, 2.05) is 26.1 Å². The molecule has 13 heteroatoms. The Morgan fingerprint density at radius 1 is 1.04 bits per heavy atom. The smallest absolute Gasteiger partial charge is 0.417 e. The normalized spacial score (nSPS) is 17.0. The first-order chi connectivity index (χ1) is 21.1. The second kappa shape index (κ2) is 14.0. The summed E-state index contributed by atoms with van der Waals surface area (Å²) < 4.78 is 17.3. The highest BCUT2D eigenvalue weighted by molar-refractivity contribution is 7.15. The first kappa shape index (κ1) is 33.9. The molecule has 11 nitrogen and oxygen atoms in total. The van der Waals surface area contributed by atoms with Gasteiger partial charge in [-0.25, -0.2) is 14.6 Å². The van der Waals surface area contributed by atoms with Crippen molar-refractivity contribution >= 4 is 43.2 Å². The molecule has 2 aromatic carbocycles. The van der Waals surface area contributed by atoms with Crippen molar-refractivity contribution in [3.8, 4) is 21.9 Å². The number of alkyl carbamates (subject to hydrolysis) is 1. The zero-order valence-electron chi connectivity index (χ0n) is 26.8. The Bertz CT molecular complexity index is 1510. The number of hydrogen-bond donors (Lipinski definition) is 2. The Kier molecular flexibility index (Phi) is 10.5. The van der Waals surface area contributed by atoms with E-state index in [2.05, 4.69) is 44.5 Å². The molecule has 0 radical (unpaired) electrons. The van der Waals surface area contributed by atoms with E-state index in [-0.39, 0.29) is 34.7 Å². The number of nitro groups is 1. The Labute approximate surface area is 269 Å². The minimum Gasteiger partial charge on any atom is -0.543 e. The van der Waals surface area contributed by atoms with Crippen LogP contribution in [-0.4, -0.2) is 42.6 Å². The van der Waals surface area contributed by atoms with Crippen LogP contribution in [0.3, 0.4) is 0 Å². The van der Waals surface area contributed by atoms with Crippen molar-refractivity contribution in [3.63, 3.8) is 0 Å². The average molecular weight is 655 g/mol. The molecule has 1 saturated carbocycles. The number of nitro benzene ring substituents is 1. The highest BCUT2D eigenvalue weighted by atomic mass is 32.1. The summed E-state index contributed by atoms with van der Waals surface area (Å²) in [6, 6.07) is 10.9. The molecule has 2 N–H and O–H groups in total. The monoisotopic (exact) mass is 654 g/mol. The molecule has 0 bridgehead atoms. The van der Waals surface area contributed by atoms with Gasteiger partial charge in [0.15, 0.2) is 0 Å². The summed E-state index contributed by atoms with van der Waals surface area (Å²) in [5, 5.41) is 17.6. The lowest BCUT2D eigenvalue weighted by Gasteiger charge is -2.37. The van der Waals surface area contributed by atoms with Gasteiger partial charge in [-0.2, -0.15) is 0 Å². The molecule has 0 spiro atoms. The topological polar surface area (TPSA) is 142 Å². The summed E-state index contributed by atoms with van der Waals surface area (Å²) >= 11 is 1.64. The molecule has 242 valence electrons. The first-order valence-electron chi connectivity index (χ1n) is 15.1. The number of rotatable bonds is 9. The molecule has 45 heavy (non-hydrogen) atoms. The van der Waals surface area contributed by atoms with E-state index in [9.17, 15) is 19.7 Å². The van der Waals surface area contributed by atoms with Crippen LogP contribution in [0.15, 0.2) is 48.7 Å². The van der Waals surface area contributed by atoms with Crippen LogP contribution in [0.4, 0.5) is 21.0 Å². The summed E-state index contributed by atoms with van der Waals surface area (Å²) in [5.41, 5.74) is 1.29. The summed E-state index contributed by atoms with van der Waals surface area (Å²) in [4.78, 5) is 40.9. The van der Waals surface area contributed by atoms with E-state index in [4.69, 9.17) is 18.9 Å². The number of aromatic nitrogens is 1. The number of benzene rings is 2. The van der Waals surface area contributed by atoms with Gasteiger partial charge in [0, 0.05) is 47.6 Å².